The molecule has 0 aliphatic heterocycles. The fourth-order valence-electron chi connectivity index (χ4n) is 2.77. The molecule has 0 aliphatic rings. The zero-order valence-corrected chi connectivity index (χ0v) is 15.8. The Bertz CT molecular complexity index is 956. The SMILES string of the molecule is COc1ccc(C=O)cc1CSc1ncc(-c2ccccc2)n1CC(F)(F)F. The first-order valence-electron chi connectivity index (χ1n) is 8.34. The van der Waals surface area contributed by atoms with Crippen molar-refractivity contribution in [1.82, 2.24) is 9.55 Å². The van der Waals surface area contributed by atoms with Crippen molar-refractivity contribution in [3.8, 4) is 17.0 Å². The Morgan fingerprint density at radius 1 is 1.18 bits per heavy atom. The van der Waals surface area contributed by atoms with Gasteiger partial charge in [0.15, 0.2) is 5.16 Å². The average molecular weight is 406 g/mol. The highest BCUT2D eigenvalue weighted by molar-refractivity contribution is 7.98. The second kappa shape index (κ2) is 8.52. The summed E-state index contributed by atoms with van der Waals surface area (Å²) in [6.07, 6.45) is -2.22. The molecule has 0 fully saturated rings. The first kappa shape index (κ1) is 20.0. The van der Waals surface area contributed by atoms with Crippen LogP contribution >= 0.6 is 11.8 Å². The van der Waals surface area contributed by atoms with E-state index < -0.39 is 12.7 Å². The summed E-state index contributed by atoms with van der Waals surface area (Å²) in [6.45, 7) is -1.13. The van der Waals surface area contributed by atoms with Gasteiger partial charge >= 0.3 is 6.18 Å². The van der Waals surface area contributed by atoms with Crippen LogP contribution in [-0.2, 0) is 12.3 Å². The number of hydrogen-bond donors (Lipinski definition) is 0. The van der Waals surface area contributed by atoms with Crippen molar-refractivity contribution in [3.05, 3.63) is 65.9 Å². The molecule has 0 saturated carbocycles. The summed E-state index contributed by atoms with van der Waals surface area (Å²) in [6, 6.07) is 13.8. The lowest BCUT2D eigenvalue weighted by atomic mass is 10.1. The highest BCUT2D eigenvalue weighted by atomic mass is 32.2. The van der Waals surface area contributed by atoms with Crippen LogP contribution in [0.2, 0.25) is 0 Å². The molecule has 0 atom stereocenters. The normalized spacial score (nSPS) is 11.4. The smallest absolute Gasteiger partial charge is 0.406 e. The topological polar surface area (TPSA) is 44.1 Å². The largest absolute Gasteiger partial charge is 0.496 e. The Labute approximate surface area is 164 Å². The highest BCUT2D eigenvalue weighted by Crippen LogP contribution is 2.33. The first-order valence-corrected chi connectivity index (χ1v) is 9.32. The molecule has 0 amide bonds. The molecule has 8 heteroatoms. The van der Waals surface area contributed by atoms with Crippen molar-refractivity contribution >= 4 is 18.0 Å². The minimum Gasteiger partial charge on any atom is -0.496 e. The van der Waals surface area contributed by atoms with Crippen LogP contribution in [0.3, 0.4) is 0 Å². The van der Waals surface area contributed by atoms with Gasteiger partial charge in [0.2, 0.25) is 0 Å². The molecule has 0 aliphatic carbocycles. The number of methoxy groups -OCH3 is 1. The van der Waals surface area contributed by atoms with Gasteiger partial charge in [0, 0.05) is 16.9 Å². The number of thioether (sulfide) groups is 1. The van der Waals surface area contributed by atoms with Crippen LogP contribution < -0.4 is 4.74 Å². The predicted molar refractivity (Wildman–Crippen MR) is 102 cm³/mol. The maximum Gasteiger partial charge on any atom is 0.406 e. The highest BCUT2D eigenvalue weighted by Gasteiger charge is 2.30. The minimum absolute atomic E-state index is 0.245. The lowest BCUT2D eigenvalue weighted by molar-refractivity contribution is -0.141. The maximum atomic E-state index is 13.2. The van der Waals surface area contributed by atoms with Crippen LogP contribution in [0.4, 0.5) is 13.2 Å². The fourth-order valence-corrected chi connectivity index (χ4v) is 3.73. The number of aromatic nitrogens is 2. The summed E-state index contributed by atoms with van der Waals surface area (Å²) in [5.74, 6) is 0.879. The Balaban J connectivity index is 1.92. The second-order valence-corrected chi connectivity index (χ2v) is 6.91. The average Bonchev–Trinajstić information content (AvgIpc) is 3.07. The molecule has 0 radical (unpaired) electrons. The molecule has 0 N–H and O–H groups in total. The van der Waals surface area contributed by atoms with Gasteiger partial charge in [-0.3, -0.25) is 4.79 Å². The van der Waals surface area contributed by atoms with Gasteiger partial charge in [0.1, 0.15) is 18.6 Å². The summed E-state index contributed by atoms with van der Waals surface area (Å²) in [5.41, 5.74) is 2.24. The Kier molecular flexibility index (Phi) is 6.08. The van der Waals surface area contributed by atoms with Crippen molar-refractivity contribution in [2.24, 2.45) is 0 Å². The number of aldehydes is 1. The van der Waals surface area contributed by atoms with Crippen molar-refractivity contribution in [2.75, 3.05) is 7.11 Å². The van der Waals surface area contributed by atoms with Gasteiger partial charge in [-0.1, -0.05) is 42.1 Å². The summed E-state index contributed by atoms with van der Waals surface area (Å²) >= 11 is 1.16. The zero-order chi connectivity index (χ0) is 20.1. The predicted octanol–water partition coefficient (Wildman–Crippen LogP) is 5.23. The van der Waals surface area contributed by atoms with Crippen molar-refractivity contribution in [3.63, 3.8) is 0 Å². The van der Waals surface area contributed by atoms with Crippen LogP contribution in [-0.4, -0.2) is 29.1 Å². The lowest BCUT2D eigenvalue weighted by Crippen LogP contribution is -2.19. The quantitative estimate of drug-likeness (QED) is 0.398. The number of benzene rings is 2. The molecule has 0 unspecified atom stereocenters. The van der Waals surface area contributed by atoms with E-state index >= 15 is 0 Å². The van der Waals surface area contributed by atoms with Gasteiger partial charge < -0.3 is 9.30 Å². The summed E-state index contributed by atoms with van der Waals surface area (Å²) in [4.78, 5) is 15.2. The maximum absolute atomic E-state index is 13.2. The number of carbonyl (C=O) groups excluding carboxylic acids is 1. The minimum atomic E-state index is -4.38. The molecule has 2 aromatic carbocycles. The standard InChI is InChI=1S/C20H17F3N2O2S/c1-27-18-8-7-14(11-26)9-16(18)12-28-19-24-10-17(15-5-3-2-4-6-15)25(19)13-20(21,22)23/h2-11H,12-13H2,1H3. The first-order chi connectivity index (χ1) is 13.4. The molecule has 28 heavy (non-hydrogen) atoms. The molecule has 1 aromatic heterocycles. The van der Waals surface area contributed by atoms with Crippen LogP contribution in [0.1, 0.15) is 15.9 Å². The van der Waals surface area contributed by atoms with E-state index in [1.54, 1.807) is 48.5 Å². The van der Waals surface area contributed by atoms with E-state index in [9.17, 15) is 18.0 Å². The molecule has 3 aromatic rings. The van der Waals surface area contributed by atoms with E-state index in [0.717, 1.165) is 16.3 Å². The Morgan fingerprint density at radius 3 is 2.57 bits per heavy atom. The molecule has 0 saturated heterocycles. The second-order valence-electron chi connectivity index (χ2n) is 5.97. The van der Waals surface area contributed by atoms with Gasteiger partial charge in [0.25, 0.3) is 0 Å². The van der Waals surface area contributed by atoms with Gasteiger partial charge in [0.05, 0.1) is 19.0 Å². The number of carbonyl (C=O) groups is 1. The number of halogens is 3. The van der Waals surface area contributed by atoms with E-state index in [1.165, 1.54) is 13.3 Å². The van der Waals surface area contributed by atoms with Crippen LogP contribution in [0.15, 0.2) is 59.9 Å². The zero-order valence-electron chi connectivity index (χ0n) is 14.9. The van der Waals surface area contributed by atoms with Gasteiger partial charge in [-0.25, -0.2) is 4.98 Å². The van der Waals surface area contributed by atoms with E-state index in [4.69, 9.17) is 4.74 Å². The lowest BCUT2D eigenvalue weighted by Gasteiger charge is -2.14. The summed E-state index contributed by atoms with van der Waals surface area (Å²) < 4.78 is 45.9. The van der Waals surface area contributed by atoms with Gasteiger partial charge in [-0.2, -0.15) is 13.2 Å². The van der Waals surface area contributed by atoms with Crippen LogP contribution in [0.25, 0.3) is 11.3 Å². The van der Waals surface area contributed by atoms with Crippen LogP contribution in [0.5, 0.6) is 5.75 Å². The van der Waals surface area contributed by atoms with E-state index in [0.29, 0.717) is 40.2 Å². The summed E-state index contributed by atoms with van der Waals surface area (Å²) in [5, 5.41) is 0.245. The number of imidazole rings is 1. The van der Waals surface area contributed by atoms with Crippen molar-refractivity contribution in [1.29, 1.82) is 0 Å². The van der Waals surface area contributed by atoms with Gasteiger partial charge in [-0.15, -0.1) is 0 Å². The fraction of sp³-hybridized carbons (Fsp3) is 0.200. The van der Waals surface area contributed by atoms with Crippen molar-refractivity contribution in [2.45, 2.75) is 23.6 Å². The molecular formula is C20H17F3N2O2S. The third-order valence-corrected chi connectivity index (χ3v) is 5.06. The number of ether oxygens (including phenoxy) is 1. The third kappa shape index (κ3) is 4.75. The van der Waals surface area contributed by atoms with Crippen LogP contribution in [0, 0.1) is 0 Å². The summed E-state index contributed by atoms with van der Waals surface area (Å²) in [7, 11) is 1.50. The number of alkyl halides is 3. The molecule has 0 spiro atoms. The number of nitrogens with zero attached hydrogens (tertiary/aromatic N) is 2. The monoisotopic (exact) mass is 406 g/mol. The van der Waals surface area contributed by atoms with E-state index in [-0.39, 0.29) is 5.16 Å². The molecular weight excluding hydrogens is 389 g/mol. The Morgan fingerprint density at radius 2 is 1.93 bits per heavy atom. The number of hydrogen-bond acceptors (Lipinski definition) is 4. The Hall–Kier alpha value is -2.74. The molecule has 4 nitrogen and oxygen atoms in total. The molecule has 3 rings (SSSR count). The molecule has 0 bridgehead atoms. The van der Waals surface area contributed by atoms with E-state index in [1.807, 2.05) is 0 Å². The molecule has 1 heterocycles. The van der Waals surface area contributed by atoms with E-state index in [2.05, 4.69) is 4.98 Å². The number of rotatable bonds is 7. The van der Waals surface area contributed by atoms with Gasteiger partial charge in [-0.05, 0) is 23.8 Å². The molecule has 146 valence electrons. The van der Waals surface area contributed by atoms with Crippen molar-refractivity contribution < 1.29 is 22.7 Å². The third-order valence-electron chi connectivity index (χ3n) is 4.02.